The van der Waals surface area contributed by atoms with Gasteiger partial charge in [0.1, 0.15) is 0 Å². The molecule has 21 heavy (non-hydrogen) atoms. The Labute approximate surface area is 144 Å². The summed E-state index contributed by atoms with van der Waals surface area (Å²) in [5.41, 5.74) is 10.1. The molecule has 2 aromatic carbocycles. The van der Waals surface area contributed by atoms with Crippen molar-refractivity contribution < 1.29 is 4.52 Å². The van der Waals surface area contributed by atoms with Crippen molar-refractivity contribution in [3.63, 3.8) is 0 Å². The van der Waals surface area contributed by atoms with Crippen LogP contribution in [-0.2, 0) is 0 Å². The zero-order valence-electron chi connectivity index (χ0n) is 11.2. The van der Waals surface area contributed by atoms with E-state index in [1.165, 1.54) is 5.56 Å². The number of hydrogen-bond donors (Lipinski definition) is 1. The van der Waals surface area contributed by atoms with E-state index in [4.69, 9.17) is 10.3 Å². The number of halogens is 2. The lowest BCUT2D eigenvalue weighted by Gasteiger charge is -2.07. The van der Waals surface area contributed by atoms with E-state index in [-0.39, 0.29) is 0 Å². The van der Waals surface area contributed by atoms with E-state index in [0.717, 1.165) is 24.7 Å². The molecular weight excluding hydrogens is 443 g/mol. The number of aryl methyl sites for hydroxylation is 1. The van der Waals surface area contributed by atoms with Crippen LogP contribution in [0.15, 0.2) is 51.5 Å². The maximum Gasteiger partial charge on any atom is 0.177 e. The molecule has 0 unspecified atom stereocenters. The maximum absolute atomic E-state index is 6.02. The minimum Gasteiger partial charge on any atom is -0.380 e. The SMILES string of the molecule is Cc1cccc(-c2onc(N)c2-c2ccc(Br)cc2)c1I. The largest absolute Gasteiger partial charge is 0.380 e. The molecule has 1 heterocycles. The van der Waals surface area contributed by atoms with Gasteiger partial charge in [0.05, 0.1) is 5.56 Å². The van der Waals surface area contributed by atoms with Crippen LogP contribution in [0, 0.1) is 10.5 Å². The summed E-state index contributed by atoms with van der Waals surface area (Å²) < 4.78 is 7.67. The molecule has 5 heteroatoms. The maximum atomic E-state index is 6.02. The quantitative estimate of drug-likeness (QED) is 0.537. The molecule has 3 rings (SSSR count). The molecule has 3 nitrogen and oxygen atoms in total. The summed E-state index contributed by atoms with van der Waals surface area (Å²) in [6.07, 6.45) is 0. The number of nitrogen functional groups attached to an aromatic ring is 1. The molecule has 0 atom stereocenters. The lowest BCUT2D eigenvalue weighted by molar-refractivity contribution is 0.436. The summed E-state index contributed by atoms with van der Waals surface area (Å²) in [6.45, 7) is 2.07. The molecule has 2 N–H and O–H groups in total. The first-order valence-corrected chi connectivity index (χ1v) is 8.21. The summed E-state index contributed by atoms with van der Waals surface area (Å²) >= 11 is 5.76. The third-order valence-electron chi connectivity index (χ3n) is 3.29. The van der Waals surface area contributed by atoms with E-state index >= 15 is 0 Å². The topological polar surface area (TPSA) is 52.0 Å². The standard InChI is InChI=1S/C16H12BrIN2O/c1-9-3-2-4-12(14(9)18)15-13(16(19)20-21-15)10-5-7-11(17)8-6-10/h2-8H,1H3,(H2,19,20). The summed E-state index contributed by atoms with van der Waals surface area (Å²) in [7, 11) is 0. The fourth-order valence-electron chi connectivity index (χ4n) is 2.20. The summed E-state index contributed by atoms with van der Waals surface area (Å²) in [4.78, 5) is 0. The molecule has 0 bridgehead atoms. The first-order valence-electron chi connectivity index (χ1n) is 6.34. The van der Waals surface area contributed by atoms with Crippen LogP contribution < -0.4 is 5.73 Å². The van der Waals surface area contributed by atoms with Gasteiger partial charge in [-0.3, -0.25) is 0 Å². The van der Waals surface area contributed by atoms with E-state index in [9.17, 15) is 0 Å². The van der Waals surface area contributed by atoms with Gasteiger partial charge in [0, 0.05) is 13.6 Å². The lowest BCUT2D eigenvalue weighted by Crippen LogP contribution is -1.90. The Hall–Kier alpha value is -1.34. The predicted octanol–water partition coefficient (Wildman–Crippen LogP) is 5.27. The zero-order chi connectivity index (χ0) is 15.0. The highest BCUT2D eigenvalue weighted by Gasteiger charge is 2.19. The van der Waals surface area contributed by atoms with E-state index < -0.39 is 0 Å². The fourth-order valence-corrected chi connectivity index (χ4v) is 3.07. The van der Waals surface area contributed by atoms with Crippen molar-refractivity contribution >= 4 is 44.3 Å². The molecule has 0 aliphatic rings. The van der Waals surface area contributed by atoms with E-state index in [1.807, 2.05) is 36.4 Å². The molecule has 0 fully saturated rings. The second-order valence-electron chi connectivity index (χ2n) is 4.72. The van der Waals surface area contributed by atoms with Gasteiger partial charge in [0.2, 0.25) is 0 Å². The van der Waals surface area contributed by atoms with E-state index in [1.54, 1.807) is 0 Å². The third-order valence-corrected chi connectivity index (χ3v) is 5.25. The van der Waals surface area contributed by atoms with E-state index in [2.05, 4.69) is 56.7 Å². The molecule has 0 amide bonds. The van der Waals surface area contributed by atoms with Gasteiger partial charge < -0.3 is 10.3 Å². The smallest absolute Gasteiger partial charge is 0.177 e. The van der Waals surface area contributed by atoms with E-state index in [0.29, 0.717) is 11.6 Å². The summed E-state index contributed by atoms with van der Waals surface area (Å²) in [5.74, 6) is 1.12. The molecule has 0 saturated carbocycles. The Morgan fingerprint density at radius 3 is 2.57 bits per heavy atom. The lowest BCUT2D eigenvalue weighted by atomic mass is 10.0. The monoisotopic (exact) mass is 454 g/mol. The molecule has 3 aromatic rings. The highest BCUT2D eigenvalue weighted by molar-refractivity contribution is 14.1. The van der Waals surface area contributed by atoms with Crippen LogP contribution in [-0.4, -0.2) is 5.16 Å². The molecule has 106 valence electrons. The van der Waals surface area contributed by atoms with Crippen molar-refractivity contribution in [2.75, 3.05) is 5.73 Å². The number of anilines is 1. The first-order chi connectivity index (χ1) is 10.1. The Balaban J connectivity index is 2.22. The van der Waals surface area contributed by atoms with Crippen molar-refractivity contribution in [1.82, 2.24) is 5.16 Å². The van der Waals surface area contributed by atoms with Crippen LogP contribution in [0.1, 0.15) is 5.56 Å². The van der Waals surface area contributed by atoms with Gasteiger partial charge in [-0.1, -0.05) is 51.4 Å². The number of rotatable bonds is 2. The van der Waals surface area contributed by atoms with Crippen LogP contribution in [0.5, 0.6) is 0 Å². The molecule has 0 spiro atoms. The molecular formula is C16H12BrIN2O. The average Bonchev–Trinajstić information content (AvgIpc) is 2.85. The van der Waals surface area contributed by atoms with Gasteiger partial charge in [0.15, 0.2) is 11.6 Å². The molecule has 0 radical (unpaired) electrons. The summed E-state index contributed by atoms with van der Waals surface area (Å²) in [5, 5.41) is 3.95. The van der Waals surface area contributed by atoms with Crippen molar-refractivity contribution in [1.29, 1.82) is 0 Å². The van der Waals surface area contributed by atoms with Crippen molar-refractivity contribution in [3.05, 3.63) is 56.1 Å². The van der Waals surface area contributed by atoms with Crippen molar-refractivity contribution in [3.8, 4) is 22.5 Å². The second-order valence-corrected chi connectivity index (χ2v) is 6.71. The highest BCUT2D eigenvalue weighted by Crippen LogP contribution is 2.39. The third kappa shape index (κ3) is 2.72. The van der Waals surface area contributed by atoms with Gasteiger partial charge in [-0.25, -0.2) is 0 Å². The Bertz CT molecular complexity index is 797. The number of aromatic nitrogens is 1. The number of benzene rings is 2. The molecule has 0 aliphatic carbocycles. The number of hydrogen-bond acceptors (Lipinski definition) is 3. The zero-order valence-corrected chi connectivity index (χ0v) is 15.0. The van der Waals surface area contributed by atoms with Crippen LogP contribution in [0.2, 0.25) is 0 Å². The first kappa shape index (κ1) is 14.6. The minimum atomic E-state index is 0.407. The van der Waals surface area contributed by atoms with Gasteiger partial charge in [-0.15, -0.1) is 0 Å². The number of nitrogens with two attached hydrogens (primary N) is 1. The Morgan fingerprint density at radius 1 is 1.14 bits per heavy atom. The predicted molar refractivity (Wildman–Crippen MR) is 96.9 cm³/mol. The van der Waals surface area contributed by atoms with Gasteiger partial charge >= 0.3 is 0 Å². The van der Waals surface area contributed by atoms with Crippen LogP contribution in [0.3, 0.4) is 0 Å². The van der Waals surface area contributed by atoms with Crippen LogP contribution in [0.4, 0.5) is 5.82 Å². The van der Waals surface area contributed by atoms with Crippen molar-refractivity contribution in [2.45, 2.75) is 6.92 Å². The van der Waals surface area contributed by atoms with Gasteiger partial charge in [-0.05, 0) is 52.8 Å². The Morgan fingerprint density at radius 2 is 1.86 bits per heavy atom. The van der Waals surface area contributed by atoms with Crippen molar-refractivity contribution in [2.24, 2.45) is 0 Å². The van der Waals surface area contributed by atoms with Crippen LogP contribution in [0.25, 0.3) is 22.5 Å². The van der Waals surface area contributed by atoms with Crippen LogP contribution >= 0.6 is 38.5 Å². The fraction of sp³-hybridized carbons (Fsp3) is 0.0625. The number of nitrogens with zero attached hydrogens (tertiary/aromatic N) is 1. The molecule has 0 saturated heterocycles. The Kier molecular flexibility index (Phi) is 4.03. The van der Waals surface area contributed by atoms with Gasteiger partial charge in [0.25, 0.3) is 0 Å². The second kappa shape index (κ2) is 5.81. The summed E-state index contributed by atoms with van der Waals surface area (Å²) in [6, 6.07) is 14.1. The van der Waals surface area contributed by atoms with Gasteiger partial charge in [-0.2, -0.15) is 0 Å². The minimum absolute atomic E-state index is 0.407. The normalized spacial score (nSPS) is 10.8. The molecule has 1 aromatic heterocycles. The molecule has 0 aliphatic heterocycles. The average molecular weight is 455 g/mol. The highest BCUT2D eigenvalue weighted by atomic mass is 127.